The van der Waals surface area contributed by atoms with Crippen molar-refractivity contribution in [1.82, 2.24) is 10.2 Å². The molecule has 1 amide bonds. The van der Waals surface area contributed by atoms with Gasteiger partial charge in [0, 0.05) is 5.69 Å². The van der Waals surface area contributed by atoms with E-state index < -0.39 is 5.97 Å². The number of aromatic nitrogens is 2. The minimum Gasteiger partial charge on any atom is -0.478 e. The highest BCUT2D eigenvalue weighted by Crippen LogP contribution is 2.11. The Kier molecular flexibility index (Phi) is 3.29. The quantitative estimate of drug-likeness (QED) is 0.850. The molecule has 2 rings (SSSR count). The number of hydrogen-bond donors (Lipinski definition) is 2. The minimum absolute atomic E-state index is 0.112. The number of nitrogens with zero attached hydrogens (tertiary/aromatic N) is 2. The minimum atomic E-state index is -1.04. The summed E-state index contributed by atoms with van der Waals surface area (Å²) >= 11 is 0. The molecule has 0 spiro atoms. The van der Waals surface area contributed by atoms with Gasteiger partial charge in [-0.3, -0.25) is 4.79 Å². The summed E-state index contributed by atoms with van der Waals surface area (Å²) in [5.74, 6) is -1.41. The van der Waals surface area contributed by atoms with E-state index in [1.807, 2.05) is 0 Å². The van der Waals surface area contributed by atoms with Gasteiger partial charge >= 0.3 is 5.97 Å². The first-order valence-electron chi connectivity index (χ1n) is 5.08. The zero-order valence-electron chi connectivity index (χ0n) is 9.20. The van der Waals surface area contributed by atoms with Crippen LogP contribution in [0.5, 0.6) is 0 Å². The second kappa shape index (κ2) is 5.05. The lowest BCUT2D eigenvalue weighted by Gasteiger charge is -2.05. The molecule has 6 heteroatoms. The molecule has 0 saturated carbocycles. The first-order chi connectivity index (χ1) is 8.66. The third-order valence-corrected chi connectivity index (χ3v) is 2.21. The lowest BCUT2D eigenvalue weighted by atomic mass is 10.2. The van der Waals surface area contributed by atoms with Gasteiger partial charge < -0.3 is 10.4 Å². The summed E-state index contributed by atoms with van der Waals surface area (Å²) < 4.78 is 0. The summed E-state index contributed by atoms with van der Waals surface area (Å²) in [7, 11) is 0. The summed E-state index contributed by atoms with van der Waals surface area (Å²) in [6.07, 6.45) is 2.74. The van der Waals surface area contributed by atoms with E-state index in [0.717, 1.165) is 0 Å². The van der Waals surface area contributed by atoms with Crippen molar-refractivity contribution in [3.8, 4) is 0 Å². The first kappa shape index (κ1) is 11.7. The molecule has 0 radical (unpaired) electrons. The highest BCUT2D eigenvalue weighted by Gasteiger charge is 2.08. The van der Waals surface area contributed by atoms with Crippen LogP contribution in [0.2, 0.25) is 0 Å². The van der Waals surface area contributed by atoms with Gasteiger partial charge in [0.2, 0.25) is 0 Å². The molecule has 0 aliphatic heterocycles. The molecular formula is C12H9N3O3. The number of carbonyl (C=O) groups is 2. The summed E-state index contributed by atoms with van der Waals surface area (Å²) in [6.45, 7) is 0. The van der Waals surface area contributed by atoms with Gasteiger partial charge in [-0.2, -0.15) is 10.2 Å². The molecule has 0 aliphatic carbocycles. The van der Waals surface area contributed by atoms with Crippen molar-refractivity contribution >= 4 is 17.6 Å². The van der Waals surface area contributed by atoms with Gasteiger partial charge in [0.15, 0.2) is 0 Å². The van der Waals surface area contributed by atoms with E-state index in [-0.39, 0.29) is 11.5 Å². The molecule has 2 N–H and O–H groups in total. The predicted molar refractivity (Wildman–Crippen MR) is 63.4 cm³/mol. The molecule has 0 bridgehead atoms. The van der Waals surface area contributed by atoms with E-state index >= 15 is 0 Å². The number of hydrogen-bond acceptors (Lipinski definition) is 4. The molecular weight excluding hydrogens is 234 g/mol. The maximum Gasteiger partial charge on any atom is 0.335 e. The van der Waals surface area contributed by atoms with Gasteiger partial charge in [-0.1, -0.05) is 6.07 Å². The van der Waals surface area contributed by atoms with Gasteiger partial charge in [0.25, 0.3) is 5.91 Å². The van der Waals surface area contributed by atoms with Crippen molar-refractivity contribution in [2.75, 3.05) is 5.32 Å². The number of carbonyl (C=O) groups excluding carboxylic acids is 1. The van der Waals surface area contributed by atoms with Crippen molar-refractivity contribution < 1.29 is 14.7 Å². The van der Waals surface area contributed by atoms with Crippen LogP contribution in [0.1, 0.15) is 20.7 Å². The molecule has 0 saturated heterocycles. The number of amides is 1. The monoisotopic (exact) mass is 243 g/mol. The van der Waals surface area contributed by atoms with Crippen LogP contribution < -0.4 is 5.32 Å². The standard InChI is InChI=1S/C12H9N3O3/c16-11(9-4-5-13-14-7-9)15-10-3-1-2-8(6-10)12(17)18/h1-7H,(H,15,16)(H,17,18). The predicted octanol–water partition coefficient (Wildman–Crippen LogP) is 1.43. The van der Waals surface area contributed by atoms with Crippen LogP contribution in [-0.2, 0) is 0 Å². The van der Waals surface area contributed by atoms with Crippen LogP contribution in [0.4, 0.5) is 5.69 Å². The normalized spacial score (nSPS) is 9.78. The Morgan fingerprint density at radius 3 is 2.61 bits per heavy atom. The average Bonchev–Trinajstić information content (AvgIpc) is 2.40. The molecule has 1 aromatic heterocycles. The topological polar surface area (TPSA) is 92.2 Å². The number of aromatic carboxylic acids is 1. The molecule has 0 fully saturated rings. The molecule has 0 aliphatic rings. The largest absolute Gasteiger partial charge is 0.478 e. The van der Waals surface area contributed by atoms with E-state index in [2.05, 4.69) is 15.5 Å². The number of anilines is 1. The highest BCUT2D eigenvalue weighted by molar-refractivity contribution is 6.04. The molecule has 2 aromatic rings. The Labute approximate surface area is 102 Å². The molecule has 90 valence electrons. The van der Waals surface area contributed by atoms with E-state index in [1.165, 1.54) is 30.6 Å². The fourth-order valence-electron chi connectivity index (χ4n) is 1.36. The average molecular weight is 243 g/mol. The third kappa shape index (κ3) is 2.67. The molecule has 1 heterocycles. The fourth-order valence-corrected chi connectivity index (χ4v) is 1.36. The summed E-state index contributed by atoms with van der Waals surface area (Å²) in [5, 5.41) is 18.6. The van der Waals surface area contributed by atoms with E-state index in [9.17, 15) is 9.59 Å². The maximum absolute atomic E-state index is 11.8. The van der Waals surface area contributed by atoms with Crippen LogP contribution in [0.25, 0.3) is 0 Å². The van der Waals surface area contributed by atoms with Gasteiger partial charge in [0.1, 0.15) is 0 Å². The fraction of sp³-hybridized carbons (Fsp3) is 0. The van der Waals surface area contributed by atoms with Gasteiger partial charge in [-0.05, 0) is 24.3 Å². The van der Waals surface area contributed by atoms with Gasteiger partial charge in [-0.15, -0.1) is 0 Å². The number of carboxylic acid groups (broad SMARTS) is 1. The molecule has 6 nitrogen and oxygen atoms in total. The van der Waals surface area contributed by atoms with Gasteiger partial charge in [-0.25, -0.2) is 4.79 Å². The van der Waals surface area contributed by atoms with Crippen molar-refractivity contribution in [3.63, 3.8) is 0 Å². The highest BCUT2D eigenvalue weighted by atomic mass is 16.4. The zero-order valence-corrected chi connectivity index (χ0v) is 9.20. The Morgan fingerprint density at radius 2 is 1.94 bits per heavy atom. The number of rotatable bonds is 3. The van der Waals surface area contributed by atoms with Crippen LogP contribution in [-0.4, -0.2) is 27.2 Å². The second-order valence-corrected chi connectivity index (χ2v) is 3.47. The Bertz CT molecular complexity index is 584. The third-order valence-electron chi connectivity index (χ3n) is 2.21. The van der Waals surface area contributed by atoms with Gasteiger partial charge in [0.05, 0.1) is 23.5 Å². The van der Waals surface area contributed by atoms with Crippen LogP contribution in [0, 0.1) is 0 Å². The van der Waals surface area contributed by atoms with Crippen LogP contribution in [0.15, 0.2) is 42.7 Å². The van der Waals surface area contributed by atoms with Crippen molar-refractivity contribution in [2.24, 2.45) is 0 Å². The van der Waals surface area contributed by atoms with E-state index in [1.54, 1.807) is 12.1 Å². The number of nitrogens with one attached hydrogen (secondary N) is 1. The lowest BCUT2D eigenvalue weighted by molar-refractivity contribution is 0.0696. The first-order valence-corrected chi connectivity index (χ1v) is 5.08. The molecule has 1 aromatic carbocycles. The summed E-state index contributed by atoms with van der Waals surface area (Å²) in [5.41, 5.74) is 0.878. The van der Waals surface area contributed by atoms with Crippen molar-refractivity contribution in [3.05, 3.63) is 53.9 Å². The SMILES string of the molecule is O=C(O)c1cccc(NC(=O)c2ccnnc2)c1. The number of benzene rings is 1. The summed E-state index contributed by atoms with van der Waals surface area (Å²) in [6, 6.07) is 7.52. The number of carboxylic acids is 1. The Hall–Kier alpha value is -2.76. The van der Waals surface area contributed by atoms with E-state index in [0.29, 0.717) is 11.3 Å². The molecule has 0 atom stereocenters. The zero-order chi connectivity index (χ0) is 13.0. The smallest absolute Gasteiger partial charge is 0.335 e. The van der Waals surface area contributed by atoms with E-state index in [4.69, 9.17) is 5.11 Å². The lowest BCUT2D eigenvalue weighted by Crippen LogP contribution is -2.12. The Balaban J connectivity index is 2.17. The molecule has 18 heavy (non-hydrogen) atoms. The molecule has 0 unspecified atom stereocenters. The van der Waals surface area contributed by atoms with Crippen LogP contribution >= 0.6 is 0 Å². The second-order valence-electron chi connectivity index (χ2n) is 3.47. The Morgan fingerprint density at radius 1 is 1.11 bits per heavy atom. The summed E-state index contributed by atoms with van der Waals surface area (Å²) in [4.78, 5) is 22.5. The van der Waals surface area contributed by atoms with Crippen molar-refractivity contribution in [2.45, 2.75) is 0 Å². The maximum atomic E-state index is 11.8. The van der Waals surface area contributed by atoms with Crippen molar-refractivity contribution in [1.29, 1.82) is 0 Å². The van der Waals surface area contributed by atoms with Crippen LogP contribution in [0.3, 0.4) is 0 Å².